The number of hydrogen-bond donors (Lipinski definition) is 0. The maximum Gasteiger partial charge on any atom is 0.295 e. The summed E-state index contributed by atoms with van der Waals surface area (Å²) in [5.41, 5.74) is 2.74. The van der Waals surface area contributed by atoms with Crippen LogP contribution in [0.5, 0.6) is 5.75 Å². The molecule has 1 aliphatic heterocycles. The number of aryl methyl sites for hydroxylation is 1. The minimum absolute atomic E-state index is 0.0405. The van der Waals surface area contributed by atoms with Crippen LogP contribution in [0.2, 0.25) is 5.02 Å². The molecule has 1 amide bonds. The van der Waals surface area contributed by atoms with E-state index in [2.05, 4.69) is 6.58 Å². The second kappa shape index (κ2) is 8.26. The van der Waals surface area contributed by atoms with Crippen molar-refractivity contribution in [3.63, 3.8) is 0 Å². The highest BCUT2D eigenvalue weighted by atomic mass is 35.5. The first-order valence-electron chi connectivity index (χ1n) is 10.5. The van der Waals surface area contributed by atoms with Gasteiger partial charge in [0.2, 0.25) is 5.76 Å². The van der Waals surface area contributed by atoms with E-state index < -0.39 is 6.04 Å². The van der Waals surface area contributed by atoms with Crippen LogP contribution in [0.25, 0.3) is 11.0 Å². The van der Waals surface area contributed by atoms with Crippen LogP contribution in [0, 0.1) is 6.92 Å². The molecular weight excluding hydrogens is 438 g/mol. The predicted molar refractivity (Wildman–Crippen MR) is 129 cm³/mol. The molecule has 1 atom stereocenters. The van der Waals surface area contributed by atoms with Crippen molar-refractivity contribution in [1.82, 2.24) is 0 Å². The number of hydrogen-bond acceptors (Lipinski definition) is 4. The Bertz CT molecular complexity index is 1470. The van der Waals surface area contributed by atoms with Gasteiger partial charge in [0.25, 0.3) is 5.91 Å². The fraction of sp³-hybridized carbons (Fsp3) is 0.111. The molecule has 4 aromatic rings. The van der Waals surface area contributed by atoms with Gasteiger partial charge in [-0.25, -0.2) is 0 Å². The first kappa shape index (κ1) is 21.0. The Morgan fingerprint density at radius 1 is 1.09 bits per heavy atom. The molecule has 0 aliphatic carbocycles. The average molecular weight is 458 g/mol. The number of benzene rings is 3. The number of rotatable bonds is 5. The molecule has 2 heterocycles. The highest BCUT2D eigenvalue weighted by molar-refractivity contribution is 6.31. The topological polar surface area (TPSA) is 59.8 Å². The lowest BCUT2D eigenvalue weighted by atomic mass is 9.98. The molecule has 0 N–H and O–H groups in total. The van der Waals surface area contributed by atoms with E-state index in [1.165, 1.54) is 0 Å². The second-order valence-electron chi connectivity index (χ2n) is 7.90. The zero-order valence-electron chi connectivity index (χ0n) is 17.9. The lowest BCUT2D eigenvalue weighted by Gasteiger charge is -2.26. The molecule has 1 aliphatic rings. The third kappa shape index (κ3) is 3.60. The standard InChI is InChI=1S/C27H20ClNO4/c1-3-12-32-20-9-5-7-17(14-20)24-23-25(30)21-15-18(28)10-11-22(21)33-26(23)27(31)29(24)19-8-4-6-16(2)13-19/h3-11,13-15,24H,1,12H2,2H3. The van der Waals surface area contributed by atoms with Crippen LogP contribution in [0.4, 0.5) is 5.69 Å². The maximum atomic E-state index is 13.7. The molecule has 0 spiro atoms. The lowest BCUT2D eigenvalue weighted by Crippen LogP contribution is -2.29. The van der Waals surface area contributed by atoms with E-state index in [1.54, 1.807) is 29.2 Å². The van der Waals surface area contributed by atoms with E-state index in [1.807, 2.05) is 55.5 Å². The van der Waals surface area contributed by atoms with Crippen molar-refractivity contribution in [2.75, 3.05) is 11.5 Å². The Kier molecular flexibility index (Phi) is 5.27. The van der Waals surface area contributed by atoms with E-state index in [9.17, 15) is 9.59 Å². The summed E-state index contributed by atoms with van der Waals surface area (Å²) in [6.45, 7) is 5.98. The minimum Gasteiger partial charge on any atom is -0.490 e. The summed E-state index contributed by atoms with van der Waals surface area (Å²) >= 11 is 6.15. The molecule has 0 saturated carbocycles. The summed E-state index contributed by atoms with van der Waals surface area (Å²) in [5.74, 6) is 0.288. The molecule has 1 aromatic heterocycles. The Morgan fingerprint density at radius 3 is 2.70 bits per heavy atom. The monoisotopic (exact) mass is 457 g/mol. The highest BCUT2D eigenvalue weighted by Gasteiger charge is 2.43. The first-order chi connectivity index (χ1) is 16.0. The molecule has 0 bridgehead atoms. The molecule has 0 fully saturated rings. The van der Waals surface area contributed by atoms with Gasteiger partial charge in [-0.15, -0.1) is 0 Å². The fourth-order valence-electron chi connectivity index (χ4n) is 4.23. The van der Waals surface area contributed by atoms with Crippen LogP contribution in [0.15, 0.2) is 88.6 Å². The summed E-state index contributed by atoms with van der Waals surface area (Å²) in [6, 6.07) is 19.1. The second-order valence-corrected chi connectivity index (χ2v) is 8.34. The SMILES string of the molecule is C=CCOc1cccc(C2c3c(oc4ccc(Cl)cc4c3=O)C(=O)N2c2cccc(C)c2)c1. The van der Waals surface area contributed by atoms with Gasteiger partial charge < -0.3 is 9.15 Å². The van der Waals surface area contributed by atoms with E-state index in [4.69, 9.17) is 20.8 Å². The van der Waals surface area contributed by atoms with Gasteiger partial charge in [-0.2, -0.15) is 0 Å². The Labute approximate surface area is 195 Å². The van der Waals surface area contributed by atoms with Crippen LogP contribution < -0.4 is 15.1 Å². The van der Waals surface area contributed by atoms with Crippen molar-refractivity contribution in [3.8, 4) is 5.75 Å². The third-order valence-corrected chi connectivity index (χ3v) is 5.89. The quantitative estimate of drug-likeness (QED) is 0.341. The van der Waals surface area contributed by atoms with E-state index >= 15 is 0 Å². The minimum atomic E-state index is -0.679. The van der Waals surface area contributed by atoms with Crippen molar-refractivity contribution in [3.05, 3.63) is 117 Å². The summed E-state index contributed by atoms with van der Waals surface area (Å²) in [6.07, 6.45) is 1.66. The van der Waals surface area contributed by atoms with Gasteiger partial charge in [0.15, 0.2) is 5.43 Å². The van der Waals surface area contributed by atoms with Crippen LogP contribution >= 0.6 is 11.6 Å². The Hall–Kier alpha value is -3.83. The van der Waals surface area contributed by atoms with Crippen molar-refractivity contribution < 1.29 is 13.9 Å². The number of carbonyl (C=O) groups is 1. The van der Waals surface area contributed by atoms with Crippen LogP contribution in [0.1, 0.15) is 33.3 Å². The van der Waals surface area contributed by atoms with Gasteiger partial charge in [0.05, 0.1) is 17.0 Å². The predicted octanol–water partition coefficient (Wildman–Crippen LogP) is 6.07. The zero-order chi connectivity index (χ0) is 23.1. The fourth-order valence-corrected chi connectivity index (χ4v) is 4.41. The average Bonchev–Trinajstić information content (AvgIpc) is 3.11. The number of halogens is 1. The van der Waals surface area contributed by atoms with E-state index in [-0.39, 0.29) is 22.7 Å². The normalized spacial score (nSPS) is 15.0. The molecule has 33 heavy (non-hydrogen) atoms. The summed E-state index contributed by atoms with van der Waals surface area (Å²) in [4.78, 5) is 28.9. The van der Waals surface area contributed by atoms with Crippen LogP contribution in [-0.2, 0) is 0 Å². The summed E-state index contributed by atoms with van der Waals surface area (Å²) < 4.78 is 11.7. The number of nitrogens with zero attached hydrogens (tertiary/aromatic N) is 1. The van der Waals surface area contributed by atoms with Gasteiger partial charge >= 0.3 is 0 Å². The summed E-state index contributed by atoms with van der Waals surface area (Å²) in [7, 11) is 0. The van der Waals surface area contributed by atoms with Gasteiger partial charge in [-0.3, -0.25) is 14.5 Å². The molecule has 1 unspecified atom stereocenters. The van der Waals surface area contributed by atoms with Gasteiger partial charge in [-0.1, -0.05) is 48.5 Å². The third-order valence-electron chi connectivity index (χ3n) is 5.65. The van der Waals surface area contributed by atoms with Crippen molar-refractivity contribution in [2.24, 2.45) is 0 Å². The molecule has 164 valence electrons. The number of amides is 1. The molecule has 5 nitrogen and oxygen atoms in total. The molecular formula is C27H20ClNO4. The number of fused-ring (bicyclic) bond motifs is 2. The number of carbonyl (C=O) groups excluding carboxylic acids is 1. The molecule has 5 rings (SSSR count). The number of ether oxygens (including phenoxy) is 1. The molecule has 0 saturated heterocycles. The Morgan fingerprint density at radius 2 is 1.91 bits per heavy atom. The highest BCUT2D eigenvalue weighted by Crippen LogP contribution is 2.42. The van der Waals surface area contributed by atoms with Gasteiger partial charge in [0.1, 0.15) is 17.9 Å². The maximum absolute atomic E-state index is 13.7. The van der Waals surface area contributed by atoms with Crippen molar-refractivity contribution >= 4 is 34.2 Å². The summed E-state index contributed by atoms with van der Waals surface area (Å²) in [5, 5.41) is 0.759. The smallest absolute Gasteiger partial charge is 0.295 e. The largest absolute Gasteiger partial charge is 0.490 e. The first-order valence-corrected chi connectivity index (χ1v) is 10.9. The molecule has 0 radical (unpaired) electrons. The van der Waals surface area contributed by atoms with Crippen molar-refractivity contribution in [1.29, 1.82) is 0 Å². The van der Waals surface area contributed by atoms with Gasteiger partial charge in [-0.05, 0) is 60.5 Å². The molecule has 6 heteroatoms. The van der Waals surface area contributed by atoms with E-state index in [0.717, 1.165) is 11.1 Å². The zero-order valence-corrected chi connectivity index (χ0v) is 18.6. The van der Waals surface area contributed by atoms with Gasteiger partial charge in [0, 0.05) is 10.7 Å². The van der Waals surface area contributed by atoms with Crippen LogP contribution in [-0.4, -0.2) is 12.5 Å². The molecule has 3 aromatic carbocycles. The van der Waals surface area contributed by atoms with Crippen LogP contribution in [0.3, 0.4) is 0 Å². The lowest BCUT2D eigenvalue weighted by molar-refractivity contribution is 0.0971. The van der Waals surface area contributed by atoms with Crippen molar-refractivity contribution in [2.45, 2.75) is 13.0 Å². The Balaban J connectivity index is 1.78. The number of anilines is 1. The van der Waals surface area contributed by atoms with E-state index in [0.29, 0.717) is 34.0 Å².